The number of methoxy groups -OCH3 is 1. The summed E-state index contributed by atoms with van der Waals surface area (Å²) in [6.45, 7) is 2.17. The normalized spacial score (nSPS) is 13.9. The molecule has 2 atom stereocenters. The molecule has 0 radical (unpaired) electrons. The monoisotopic (exact) mass is 320 g/mol. The quantitative estimate of drug-likeness (QED) is 0.372. The van der Waals surface area contributed by atoms with Gasteiger partial charge >= 0.3 is 0 Å². The molecular weight excluding hydrogens is 292 g/mol. The second kappa shape index (κ2) is 11.0. The van der Waals surface area contributed by atoms with Gasteiger partial charge in [0.05, 0.1) is 18.8 Å². The van der Waals surface area contributed by atoms with E-state index in [1.54, 1.807) is 24.3 Å². The molecule has 0 saturated heterocycles. The van der Waals surface area contributed by atoms with Gasteiger partial charge in [0.2, 0.25) is 0 Å². The van der Waals surface area contributed by atoms with Crippen molar-refractivity contribution < 1.29 is 19.7 Å². The van der Waals surface area contributed by atoms with E-state index in [9.17, 15) is 15.0 Å². The molecule has 0 spiro atoms. The number of benzene rings is 1. The van der Waals surface area contributed by atoms with Gasteiger partial charge in [-0.3, -0.25) is 4.79 Å². The average Bonchev–Trinajstić information content (AvgIpc) is 2.59. The first kappa shape index (κ1) is 19.4. The fourth-order valence-electron chi connectivity index (χ4n) is 2.36. The van der Waals surface area contributed by atoms with Crippen molar-refractivity contribution in [1.82, 2.24) is 0 Å². The first-order chi connectivity index (χ1) is 11.1. The first-order valence-corrected chi connectivity index (χ1v) is 8.30. The lowest BCUT2D eigenvalue weighted by molar-refractivity contribution is 0.0181. The van der Waals surface area contributed by atoms with Crippen LogP contribution in [-0.4, -0.2) is 35.3 Å². The van der Waals surface area contributed by atoms with Gasteiger partial charge in [-0.2, -0.15) is 0 Å². The summed E-state index contributed by atoms with van der Waals surface area (Å²) in [6, 6.07) is 6.70. The lowest BCUT2D eigenvalue weighted by Gasteiger charge is -2.17. The Bertz CT molecular complexity index is 496. The number of aliphatic hydroxyl groups is 2. The predicted molar refractivity (Wildman–Crippen MR) is 91.9 cm³/mol. The van der Waals surface area contributed by atoms with E-state index in [0.29, 0.717) is 18.6 Å². The topological polar surface area (TPSA) is 66.8 Å². The Morgan fingerprint density at radius 2 is 1.87 bits per heavy atom. The van der Waals surface area contributed by atoms with Gasteiger partial charge in [-0.05, 0) is 37.8 Å². The number of allylic oxidation sites excluding steroid dienone is 2. The first-order valence-electron chi connectivity index (χ1n) is 8.30. The van der Waals surface area contributed by atoms with Gasteiger partial charge in [0.25, 0.3) is 0 Å². The van der Waals surface area contributed by atoms with E-state index in [0.717, 1.165) is 6.42 Å². The Morgan fingerprint density at radius 3 is 2.57 bits per heavy atom. The van der Waals surface area contributed by atoms with Crippen LogP contribution in [0.1, 0.15) is 55.8 Å². The molecule has 0 aromatic heterocycles. The SMILES string of the molecule is CCCCC/C=C/CC[C@H](O)[C@@H](O)C(=O)c1ccccc1OC. The zero-order chi connectivity index (χ0) is 17.1. The van der Waals surface area contributed by atoms with Crippen molar-refractivity contribution in [3.8, 4) is 5.75 Å². The Balaban J connectivity index is 2.46. The number of ketones is 1. The molecule has 1 aromatic carbocycles. The molecule has 4 nitrogen and oxygen atoms in total. The van der Waals surface area contributed by atoms with Crippen LogP contribution in [0.15, 0.2) is 36.4 Å². The number of carbonyl (C=O) groups is 1. The molecule has 23 heavy (non-hydrogen) atoms. The summed E-state index contributed by atoms with van der Waals surface area (Å²) in [4.78, 5) is 12.3. The van der Waals surface area contributed by atoms with Crippen LogP contribution in [0.4, 0.5) is 0 Å². The highest BCUT2D eigenvalue weighted by atomic mass is 16.5. The molecule has 4 heteroatoms. The summed E-state index contributed by atoms with van der Waals surface area (Å²) in [5.74, 6) is -0.110. The van der Waals surface area contributed by atoms with Gasteiger partial charge < -0.3 is 14.9 Å². The molecule has 128 valence electrons. The average molecular weight is 320 g/mol. The van der Waals surface area contributed by atoms with Crippen molar-refractivity contribution in [3.63, 3.8) is 0 Å². The number of para-hydroxylation sites is 1. The molecule has 1 rings (SSSR count). The van der Waals surface area contributed by atoms with E-state index in [4.69, 9.17) is 4.74 Å². The van der Waals surface area contributed by atoms with Crippen molar-refractivity contribution in [2.45, 2.75) is 57.7 Å². The molecule has 0 aliphatic rings. The highest BCUT2D eigenvalue weighted by molar-refractivity contribution is 6.02. The van der Waals surface area contributed by atoms with Crippen LogP contribution in [0, 0.1) is 0 Å². The largest absolute Gasteiger partial charge is 0.496 e. The third-order valence-electron chi connectivity index (χ3n) is 3.78. The van der Waals surface area contributed by atoms with Gasteiger partial charge in [-0.1, -0.05) is 44.1 Å². The Kier molecular flexibility index (Phi) is 9.25. The lowest BCUT2D eigenvalue weighted by atomic mass is 9.98. The van der Waals surface area contributed by atoms with Crippen LogP contribution >= 0.6 is 0 Å². The van der Waals surface area contributed by atoms with Crippen molar-refractivity contribution >= 4 is 5.78 Å². The number of hydrogen-bond acceptors (Lipinski definition) is 4. The van der Waals surface area contributed by atoms with Gasteiger partial charge in [0, 0.05) is 0 Å². The Hall–Kier alpha value is -1.65. The zero-order valence-corrected chi connectivity index (χ0v) is 14.1. The van der Waals surface area contributed by atoms with E-state index in [1.807, 2.05) is 6.08 Å². The summed E-state index contributed by atoms with van der Waals surface area (Å²) >= 11 is 0. The number of ether oxygens (including phenoxy) is 1. The molecule has 2 N–H and O–H groups in total. The van der Waals surface area contributed by atoms with Crippen LogP contribution < -0.4 is 4.74 Å². The van der Waals surface area contributed by atoms with Gasteiger partial charge in [0.15, 0.2) is 5.78 Å². The third-order valence-corrected chi connectivity index (χ3v) is 3.78. The maximum absolute atomic E-state index is 12.3. The molecule has 0 unspecified atom stereocenters. The fourth-order valence-corrected chi connectivity index (χ4v) is 2.36. The van der Waals surface area contributed by atoms with Gasteiger partial charge in [-0.15, -0.1) is 0 Å². The van der Waals surface area contributed by atoms with E-state index < -0.39 is 18.0 Å². The molecule has 0 heterocycles. The van der Waals surface area contributed by atoms with Crippen LogP contribution in [0.2, 0.25) is 0 Å². The number of rotatable bonds is 11. The molecule has 1 aromatic rings. The predicted octanol–water partition coefficient (Wildman–Crippen LogP) is 3.52. The third kappa shape index (κ3) is 6.55. The van der Waals surface area contributed by atoms with Crippen molar-refractivity contribution in [1.29, 1.82) is 0 Å². The smallest absolute Gasteiger partial charge is 0.197 e. The van der Waals surface area contributed by atoms with Crippen LogP contribution in [0.3, 0.4) is 0 Å². The summed E-state index contributed by atoms with van der Waals surface area (Å²) in [5.41, 5.74) is 0.289. The number of hydrogen-bond donors (Lipinski definition) is 2. The minimum atomic E-state index is -1.43. The maximum Gasteiger partial charge on any atom is 0.197 e. The lowest BCUT2D eigenvalue weighted by Crippen LogP contribution is -2.34. The Morgan fingerprint density at radius 1 is 1.17 bits per heavy atom. The molecule has 0 fully saturated rings. The summed E-state index contributed by atoms with van der Waals surface area (Å²) in [7, 11) is 1.47. The number of aliphatic hydroxyl groups excluding tert-OH is 2. The molecule has 0 aliphatic carbocycles. The zero-order valence-electron chi connectivity index (χ0n) is 14.1. The van der Waals surface area contributed by atoms with Crippen LogP contribution in [-0.2, 0) is 0 Å². The molecule has 0 aliphatic heterocycles. The number of Topliss-reactive ketones (excluding diaryl/α,β-unsaturated/α-hetero) is 1. The number of carbonyl (C=O) groups excluding carboxylic acids is 1. The molecule has 0 bridgehead atoms. The van der Waals surface area contributed by atoms with E-state index >= 15 is 0 Å². The second-order valence-electron chi connectivity index (χ2n) is 5.62. The van der Waals surface area contributed by atoms with Crippen LogP contribution in [0.25, 0.3) is 0 Å². The van der Waals surface area contributed by atoms with Crippen molar-refractivity contribution in [2.75, 3.05) is 7.11 Å². The van der Waals surface area contributed by atoms with Crippen LogP contribution in [0.5, 0.6) is 5.75 Å². The molecule has 0 saturated carbocycles. The molecule has 0 amide bonds. The Labute approximate surface area is 138 Å². The van der Waals surface area contributed by atoms with E-state index in [2.05, 4.69) is 13.0 Å². The highest BCUT2D eigenvalue weighted by Crippen LogP contribution is 2.20. The minimum Gasteiger partial charge on any atom is -0.496 e. The van der Waals surface area contributed by atoms with E-state index in [1.165, 1.54) is 26.4 Å². The minimum absolute atomic E-state index is 0.289. The summed E-state index contributed by atoms with van der Waals surface area (Å²) in [6.07, 6.45) is 7.21. The number of unbranched alkanes of at least 4 members (excludes halogenated alkanes) is 3. The van der Waals surface area contributed by atoms with E-state index in [-0.39, 0.29) is 5.56 Å². The fraction of sp³-hybridized carbons (Fsp3) is 0.526. The molecular formula is C19H28O4. The van der Waals surface area contributed by atoms with Crippen molar-refractivity contribution in [2.24, 2.45) is 0 Å². The van der Waals surface area contributed by atoms with Crippen molar-refractivity contribution in [3.05, 3.63) is 42.0 Å². The highest BCUT2D eigenvalue weighted by Gasteiger charge is 2.26. The second-order valence-corrected chi connectivity index (χ2v) is 5.62. The van der Waals surface area contributed by atoms with Gasteiger partial charge in [0.1, 0.15) is 11.9 Å². The standard InChI is InChI=1S/C19H28O4/c1-3-4-5-6-7-8-9-13-16(20)19(22)18(21)15-12-10-11-14-17(15)23-2/h7-8,10-12,14,16,19-20,22H,3-6,9,13H2,1-2H3/b8-7+/t16-,19+/m0/s1. The van der Waals surface area contributed by atoms with Gasteiger partial charge in [-0.25, -0.2) is 0 Å². The summed E-state index contributed by atoms with van der Waals surface area (Å²) < 4.78 is 5.12. The summed E-state index contributed by atoms with van der Waals surface area (Å²) in [5, 5.41) is 20.1. The maximum atomic E-state index is 12.3.